The van der Waals surface area contributed by atoms with Crippen LogP contribution >= 0.6 is 24.0 Å². The number of likely N-dealkylation sites (tertiary alicyclic amines) is 1. The number of hydrogen-bond donors (Lipinski definition) is 1. The van der Waals surface area contributed by atoms with Crippen LogP contribution in [0.1, 0.15) is 29.5 Å². The second-order valence-electron chi connectivity index (χ2n) is 7.85. The van der Waals surface area contributed by atoms with Crippen molar-refractivity contribution in [3.8, 4) is 11.5 Å². The van der Waals surface area contributed by atoms with Gasteiger partial charge in [-0.25, -0.2) is 0 Å². The summed E-state index contributed by atoms with van der Waals surface area (Å²) in [6.07, 6.45) is 1.12. The molecule has 0 saturated carbocycles. The average molecular weight is 538 g/mol. The van der Waals surface area contributed by atoms with E-state index in [1.54, 1.807) is 14.2 Å². The zero-order valence-corrected chi connectivity index (χ0v) is 21.5. The summed E-state index contributed by atoms with van der Waals surface area (Å²) < 4.78 is 10.9. The maximum Gasteiger partial charge on any atom is 0.193 e. The molecule has 0 spiro atoms. The highest BCUT2D eigenvalue weighted by Crippen LogP contribution is 2.29. The molecule has 170 valence electrons. The van der Waals surface area contributed by atoms with Gasteiger partial charge in [0.05, 0.1) is 20.3 Å². The van der Waals surface area contributed by atoms with Gasteiger partial charge in [-0.15, -0.1) is 24.0 Å². The molecule has 0 radical (unpaired) electrons. The summed E-state index contributed by atoms with van der Waals surface area (Å²) in [5.74, 6) is 3.27. The Bertz CT molecular complexity index is 842. The van der Waals surface area contributed by atoms with Crippen LogP contribution in [0.3, 0.4) is 0 Å². The van der Waals surface area contributed by atoms with Gasteiger partial charge in [0, 0.05) is 38.2 Å². The molecule has 31 heavy (non-hydrogen) atoms. The Labute approximate surface area is 203 Å². The number of ether oxygens (including phenoxy) is 2. The molecule has 0 aliphatic carbocycles. The molecule has 2 unspecified atom stereocenters. The van der Waals surface area contributed by atoms with E-state index in [1.807, 2.05) is 31.3 Å². The third-order valence-corrected chi connectivity index (χ3v) is 5.86. The smallest absolute Gasteiger partial charge is 0.193 e. The lowest BCUT2D eigenvalue weighted by Crippen LogP contribution is -2.43. The lowest BCUT2D eigenvalue weighted by Gasteiger charge is -2.29. The molecule has 1 aliphatic heterocycles. The van der Waals surface area contributed by atoms with Gasteiger partial charge in [-0.05, 0) is 44.3 Å². The van der Waals surface area contributed by atoms with Crippen LogP contribution in [-0.2, 0) is 0 Å². The van der Waals surface area contributed by atoms with Gasteiger partial charge in [0.1, 0.15) is 11.5 Å². The summed E-state index contributed by atoms with van der Waals surface area (Å²) in [7, 11) is 9.47. The Morgan fingerprint density at radius 1 is 1.13 bits per heavy atom. The molecule has 7 heteroatoms. The molecule has 1 heterocycles. The normalized spacial score (nSPS) is 17.3. The molecule has 0 bridgehead atoms. The van der Waals surface area contributed by atoms with E-state index in [0.29, 0.717) is 5.92 Å². The fourth-order valence-electron chi connectivity index (χ4n) is 4.13. The summed E-state index contributed by atoms with van der Waals surface area (Å²) in [6.45, 7) is 2.72. The number of methoxy groups -OCH3 is 2. The Morgan fingerprint density at radius 3 is 2.45 bits per heavy atom. The first kappa shape index (κ1) is 25.3. The number of aliphatic imine (C=N–C) groups is 1. The molecule has 0 aromatic heterocycles. The number of guanidine groups is 1. The SMILES string of the molecule is CN=C(NCC(c1ccccc1OC)N(C)C)N1CCC(c2ccc(OC)cc2)C1.I. The van der Waals surface area contributed by atoms with E-state index in [-0.39, 0.29) is 30.0 Å². The number of benzene rings is 2. The van der Waals surface area contributed by atoms with Gasteiger partial charge in [0.2, 0.25) is 0 Å². The van der Waals surface area contributed by atoms with Gasteiger partial charge in [-0.3, -0.25) is 4.99 Å². The van der Waals surface area contributed by atoms with E-state index in [0.717, 1.165) is 43.5 Å². The zero-order chi connectivity index (χ0) is 21.5. The minimum Gasteiger partial charge on any atom is -0.497 e. The molecule has 1 N–H and O–H groups in total. The fourth-order valence-corrected chi connectivity index (χ4v) is 4.13. The van der Waals surface area contributed by atoms with Crippen molar-refractivity contribution in [2.24, 2.45) is 4.99 Å². The van der Waals surface area contributed by atoms with Gasteiger partial charge in [0.25, 0.3) is 0 Å². The number of nitrogens with zero attached hydrogens (tertiary/aromatic N) is 3. The predicted octanol–water partition coefficient (Wildman–Crippen LogP) is 3.99. The third-order valence-electron chi connectivity index (χ3n) is 5.86. The quantitative estimate of drug-likeness (QED) is 0.328. The van der Waals surface area contributed by atoms with Crippen molar-refractivity contribution < 1.29 is 9.47 Å². The molecule has 6 nitrogen and oxygen atoms in total. The maximum absolute atomic E-state index is 5.58. The van der Waals surface area contributed by atoms with E-state index in [4.69, 9.17) is 9.47 Å². The van der Waals surface area contributed by atoms with Crippen LogP contribution in [0.2, 0.25) is 0 Å². The minimum atomic E-state index is 0. The highest BCUT2D eigenvalue weighted by molar-refractivity contribution is 14.0. The lowest BCUT2D eigenvalue weighted by atomic mass is 9.98. The van der Waals surface area contributed by atoms with Crippen LogP contribution in [0.25, 0.3) is 0 Å². The Morgan fingerprint density at radius 2 is 1.84 bits per heavy atom. The van der Waals surface area contributed by atoms with E-state index in [1.165, 1.54) is 11.1 Å². The number of halogens is 1. The van der Waals surface area contributed by atoms with E-state index < -0.39 is 0 Å². The van der Waals surface area contributed by atoms with Gasteiger partial charge >= 0.3 is 0 Å². The highest BCUT2D eigenvalue weighted by Gasteiger charge is 2.27. The topological polar surface area (TPSA) is 49.3 Å². The van der Waals surface area contributed by atoms with Crippen molar-refractivity contribution >= 4 is 29.9 Å². The molecule has 1 saturated heterocycles. The van der Waals surface area contributed by atoms with E-state index in [9.17, 15) is 0 Å². The first-order valence-electron chi connectivity index (χ1n) is 10.5. The molecular weight excluding hydrogens is 503 g/mol. The number of rotatable bonds is 7. The van der Waals surface area contributed by atoms with E-state index in [2.05, 4.69) is 58.5 Å². The van der Waals surface area contributed by atoms with Crippen molar-refractivity contribution in [1.82, 2.24) is 15.1 Å². The van der Waals surface area contributed by atoms with Crippen LogP contribution in [0, 0.1) is 0 Å². The molecular formula is C24H35IN4O2. The molecule has 0 amide bonds. The van der Waals surface area contributed by atoms with E-state index >= 15 is 0 Å². The number of likely N-dealkylation sites (N-methyl/N-ethyl adjacent to an activating group) is 1. The molecule has 1 fully saturated rings. The molecule has 3 rings (SSSR count). The lowest BCUT2D eigenvalue weighted by molar-refractivity contribution is 0.285. The van der Waals surface area contributed by atoms with Crippen molar-refractivity contribution in [3.05, 3.63) is 59.7 Å². The van der Waals surface area contributed by atoms with Crippen LogP contribution in [0.5, 0.6) is 11.5 Å². The van der Waals surface area contributed by atoms with Crippen LogP contribution < -0.4 is 14.8 Å². The monoisotopic (exact) mass is 538 g/mol. The van der Waals surface area contributed by atoms with Crippen LogP contribution in [0.15, 0.2) is 53.5 Å². The summed E-state index contributed by atoms with van der Waals surface area (Å²) in [6, 6.07) is 16.8. The van der Waals surface area contributed by atoms with Crippen LogP contribution in [0.4, 0.5) is 0 Å². The van der Waals surface area contributed by atoms with Crippen molar-refractivity contribution in [2.75, 3.05) is 55.0 Å². The van der Waals surface area contributed by atoms with Gasteiger partial charge in [-0.1, -0.05) is 30.3 Å². The van der Waals surface area contributed by atoms with Crippen molar-refractivity contribution in [1.29, 1.82) is 0 Å². The van der Waals surface area contributed by atoms with Gasteiger partial charge < -0.3 is 24.6 Å². The standard InChI is InChI=1S/C24H34N4O2.HI/c1-25-24(26-16-22(27(2)3)21-8-6-7-9-23(21)30-5)28-15-14-19(17-28)18-10-12-20(29-4)13-11-18;/h6-13,19,22H,14-17H2,1-5H3,(H,25,26);1H. The molecule has 1 aliphatic rings. The summed E-state index contributed by atoms with van der Waals surface area (Å²) in [5.41, 5.74) is 2.53. The van der Waals surface area contributed by atoms with Gasteiger partial charge in [-0.2, -0.15) is 0 Å². The largest absolute Gasteiger partial charge is 0.497 e. The van der Waals surface area contributed by atoms with Crippen molar-refractivity contribution in [3.63, 3.8) is 0 Å². The molecule has 2 aromatic rings. The number of hydrogen-bond acceptors (Lipinski definition) is 4. The highest BCUT2D eigenvalue weighted by atomic mass is 127. The third kappa shape index (κ3) is 6.26. The Hall–Kier alpha value is -2.00. The predicted molar refractivity (Wildman–Crippen MR) is 138 cm³/mol. The van der Waals surface area contributed by atoms with Crippen LogP contribution in [-0.4, -0.2) is 70.8 Å². The summed E-state index contributed by atoms with van der Waals surface area (Å²) in [5, 5.41) is 3.59. The first-order valence-corrected chi connectivity index (χ1v) is 10.5. The second kappa shape index (κ2) is 12.1. The summed E-state index contributed by atoms with van der Waals surface area (Å²) in [4.78, 5) is 9.12. The fraction of sp³-hybridized carbons (Fsp3) is 0.458. The second-order valence-corrected chi connectivity index (χ2v) is 7.85. The minimum absolute atomic E-state index is 0. The molecule has 2 aromatic carbocycles. The number of para-hydroxylation sites is 1. The molecule has 2 atom stereocenters. The first-order chi connectivity index (χ1) is 14.6. The number of nitrogens with one attached hydrogen (secondary N) is 1. The average Bonchev–Trinajstić information content (AvgIpc) is 3.26. The van der Waals surface area contributed by atoms with Crippen molar-refractivity contribution in [2.45, 2.75) is 18.4 Å². The van der Waals surface area contributed by atoms with Gasteiger partial charge in [0.15, 0.2) is 5.96 Å². The Kier molecular flexibility index (Phi) is 9.90. The Balaban J connectivity index is 0.00000341. The maximum atomic E-state index is 5.58. The zero-order valence-electron chi connectivity index (χ0n) is 19.2. The summed E-state index contributed by atoms with van der Waals surface area (Å²) >= 11 is 0.